The van der Waals surface area contributed by atoms with Gasteiger partial charge in [-0.15, -0.1) is 0 Å². The third-order valence-corrected chi connectivity index (χ3v) is 6.44. The van der Waals surface area contributed by atoms with Crippen molar-refractivity contribution >= 4 is 50.4 Å². The van der Waals surface area contributed by atoms with E-state index in [0.717, 1.165) is 6.07 Å². The van der Waals surface area contributed by atoms with Gasteiger partial charge in [0, 0.05) is 22.5 Å². The van der Waals surface area contributed by atoms with Crippen LogP contribution in [0.1, 0.15) is 31.8 Å². The minimum Gasteiger partial charge on any atom is -0.397 e. The number of nitrogens with one attached hydrogen (secondary N) is 4. The molecule has 0 saturated heterocycles. The van der Waals surface area contributed by atoms with Crippen LogP contribution in [0.5, 0.6) is 0 Å². The van der Waals surface area contributed by atoms with Crippen LogP contribution in [0.2, 0.25) is 0 Å². The molecule has 0 spiro atoms. The van der Waals surface area contributed by atoms with Crippen molar-refractivity contribution < 1.29 is 22.6 Å². The van der Waals surface area contributed by atoms with E-state index >= 15 is 0 Å². The SMILES string of the molecule is Nc1c(S(=O)(=O)O)cc(Nc2cccc(Nc3nc(=O)[nH]c(=O)[nH]3)c2)c2c1C(=O)c1ccccc1C2=O. The molecule has 186 valence electrons. The second-order valence-corrected chi connectivity index (χ2v) is 9.33. The third-order valence-electron chi connectivity index (χ3n) is 5.55. The first-order valence-electron chi connectivity index (χ1n) is 10.5. The van der Waals surface area contributed by atoms with Gasteiger partial charge in [-0.25, -0.2) is 9.59 Å². The van der Waals surface area contributed by atoms with E-state index in [1.54, 1.807) is 30.3 Å². The Morgan fingerprint density at radius 3 is 2.05 bits per heavy atom. The lowest BCUT2D eigenvalue weighted by Gasteiger charge is -2.23. The van der Waals surface area contributed by atoms with Crippen LogP contribution in [0.3, 0.4) is 0 Å². The van der Waals surface area contributed by atoms with Crippen LogP contribution in [0, 0.1) is 0 Å². The molecule has 1 aliphatic rings. The lowest BCUT2D eigenvalue weighted by atomic mass is 9.82. The van der Waals surface area contributed by atoms with Gasteiger partial charge in [0.05, 0.1) is 22.5 Å². The number of nitrogen functional groups attached to an aromatic ring is 1. The van der Waals surface area contributed by atoms with Crippen LogP contribution in [0.15, 0.2) is 69.1 Å². The van der Waals surface area contributed by atoms with Crippen LogP contribution in [0.4, 0.5) is 28.7 Å². The molecule has 3 aromatic carbocycles. The first-order chi connectivity index (χ1) is 17.5. The zero-order valence-electron chi connectivity index (χ0n) is 18.5. The second-order valence-electron chi connectivity index (χ2n) is 7.94. The zero-order valence-corrected chi connectivity index (χ0v) is 19.3. The molecule has 1 aliphatic carbocycles. The van der Waals surface area contributed by atoms with Gasteiger partial charge in [-0.1, -0.05) is 30.3 Å². The van der Waals surface area contributed by atoms with Gasteiger partial charge < -0.3 is 16.4 Å². The van der Waals surface area contributed by atoms with E-state index in [-0.39, 0.29) is 33.9 Å². The van der Waals surface area contributed by atoms with Gasteiger partial charge in [-0.3, -0.25) is 24.1 Å². The van der Waals surface area contributed by atoms with Gasteiger partial charge in [-0.2, -0.15) is 13.4 Å². The number of carbonyl (C=O) groups excluding carboxylic acids is 2. The summed E-state index contributed by atoms with van der Waals surface area (Å²) in [6.45, 7) is 0. The highest BCUT2D eigenvalue weighted by Crippen LogP contribution is 2.40. The minimum absolute atomic E-state index is 0.0516. The van der Waals surface area contributed by atoms with Crippen LogP contribution in [-0.2, 0) is 10.1 Å². The average molecular weight is 520 g/mol. The highest BCUT2D eigenvalue weighted by molar-refractivity contribution is 7.86. The summed E-state index contributed by atoms with van der Waals surface area (Å²) in [5.74, 6) is -1.38. The topological polar surface area (TPSA) is 217 Å². The fraction of sp³-hybridized carbons (Fsp3) is 0. The van der Waals surface area contributed by atoms with Gasteiger partial charge in [0.2, 0.25) is 5.95 Å². The summed E-state index contributed by atoms with van der Waals surface area (Å²) in [5, 5.41) is 5.64. The van der Waals surface area contributed by atoms with Crippen molar-refractivity contribution in [2.45, 2.75) is 4.90 Å². The lowest BCUT2D eigenvalue weighted by Crippen LogP contribution is -2.25. The molecule has 1 heterocycles. The Morgan fingerprint density at radius 1 is 0.811 bits per heavy atom. The number of fused-ring (bicyclic) bond motifs is 2. The minimum atomic E-state index is -4.87. The zero-order chi connectivity index (χ0) is 26.5. The van der Waals surface area contributed by atoms with E-state index in [1.807, 2.05) is 4.98 Å². The van der Waals surface area contributed by atoms with E-state index in [4.69, 9.17) is 5.73 Å². The number of anilines is 5. The number of rotatable bonds is 5. The number of aromatic nitrogens is 3. The molecule has 0 atom stereocenters. The number of hydrogen-bond donors (Lipinski definition) is 6. The quantitative estimate of drug-likeness (QED) is 0.144. The van der Waals surface area contributed by atoms with Crippen LogP contribution >= 0.6 is 0 Å². The van der Waals surface area contributed by atoms with Gasteiger partial charge in [-0.05, 0) is 24.3 Å². The number of carbonyl (C=O) groups is 2. The molecule has 4 aromatic rings. The maximum absolute atomic E-state index is 13.4. The highest BCUT2D eigenvalue weighted by Gasteiger charge is 2.36. The summed E-state index contributed by atoms with van der Waals surface area (Å²) in [7, 11) is -4.87. The van der Waals surface area contributed by atoms with Crippen molar-refractivity contribution in [3.05, 3.63) is 97.8 Å². The van der Waals surface area contributed by atoms with Crippen molar-refractivity contribution in [2.24, 2.45) is 0 Å². The average Bonchev–Trinajstić information content (AvgIpc) is 2.82. The number of benzene rings is 3. The van der Waals surface area contributed by atoms with Crippen LogP contribution in [-0.4, -0.2) is 39.5 Å². The first-order valence-corrected chi connectivity index (χ1v) is 11.9. The van der Waals surface area contributed by atoms with Crippen molar-refractivity contribution in [3.63, 3.8) is 0 Å². The molecule has 37 heavy (non-hydrogen) atoms. The predicted octanol–water partition coefficient (Wildman–Crippen LogP) is 1.55. The summed E-state index contributed by atoms with van der Waals surface area (Å²) in [5.41, 5.74) is 4.03. The van der Waals surface area contributed by atoms with Gasteiger partial charge in [0.1, 0.15) is 4.90 Å². The summed E-state index contributed by atoms with van der Waals surface area (Å²) in [6, 6.07) is 13.2. The molecule has 0 radical (unpaired) electrons. The number of nitrogens with zero attached hydrogens (tertiary/aromatic N) is 1. The number of ketones is 2. The Bertz CT molecular complexity index is 1830. The Balaban J connectivity index is 1.63. The Kier molecular flexibility index (Phi) is 5.46. The first kappa shape index (κ1) is 23.7. The van der Waals surface area contributed by atoms with Gasteiger partial charge >= 0.3 is 11.4 Å². The fourth-order valence-electron chi connectivity index (χ4n) is 4.03. The molecule has 7 N–H and O–H groups in total. The van der Waals surface area contributed by atoms with Crippen LogP contribution in [0.25, 0.3) is 0 Å². The summed E-state index contributed by atoms with van der Waals surface area (Å²) < 4.78 is 33.9. The molecular formula is C23H16N6O7S. The normalized spacial score (nSPS) is 12.6. The maximum atomic E-state index is 13.4. The van der Waals surface area contributed by atoms with Gasteiger partial charge in [0.15, 0.2) is 11.6 Å². The van der Waals surface area contributed by atoms with Crippen molar-refractivity contribution in [1.29, 1.82) is 0 Å². The highest BCUT2D eigenvalue weighted by atomic mass is 32.2. The molecule has 0 aliphatic heterocycles. The molecule has 0 amide bonds. The summed E-state index contributed by atoms with van der Waals surface area (Å²) in [4.78, 5) is 56.7. The van der Waals surface area contributed by atoms with Gasteiger partial charge in [0.25, 0.3) is 10.1 Å². The molecule has 5 rings (SSSR count). The predicted molar refractivity (Wildman–Crippen MR) is 132 cm³/mol. The molecule has 0 bridgehead atoms. The Morgan fingerprint density at radius 2 is 1.43 bits per heavy atom. The second kappa shape index (κ2) is 8.54. The Labute approximate surface area is 207 Å². The summed E-state index contributed by atoms with van der Waals surface area (Å²) in [6.07, 6.45) is 0. The number of aromatic amines is 2. The van der Waals surface area contributed by atoms with E-state index in [2.05, 4.69) is 20.6 Å². The van der Waals surface area contributed by atoms with E-state index < -0.39 is 43.6 Å². The number of H-pyrrole nitrogens is 2. The van der Waals surface area contributed by atoms with E-state index in [1.165, 1.54) is 18.2 Å². The van der Waals surface area contributed by atoms with Crippen molar-refractivity contribution in [3.8, 4) is 0 Å². The monoisotopic (exact) mass is 520 g/mol. The number of hydrogen-bond acceptors (Lipinski definition) is 10. The van der Waals surface area contributed by atoms with Crippen LogP contribution < -0.4 is 27.7 Å². The van der Waals surface area contributed by atoms with Crippen molar-refractivity contribution in [1.82, 2.24) is 15.0 Å². The van der Waals surface area contributed by atoms with Crippen molar-refractivity contribution in [2.75, 3.05) is 16.4 Å². The van der Waals surface area contributed by atoms with E-state index in [0.29, 0.717) is 11.4 Å². The molecule has 13 nitrogen and oxygen atoms in total. The maximum Gasteiger partial charge on any atom is 0.352 e. The fourth-order valence-corrected chi connectivity index (χ4v) is 4.67. The molecule has 0 unspecified atom stereocenters. The molecule has 1 aromatic heterocycles. The molecule has 14 heteroatoms. The number of nitrogens with two attached hydrogens (primary N) is 1. The Hall–Kier alpha value is -5.08. The van der Waals surface area contributed by atoms with E-state index in [9.17, 15) is 32.1 Å². The third kappa shape index (κ3) is 4.26. The lowest BCUT2D eigenvalue weighted by molar-refractivity contribution is 0.0980. The molecule has 0 fully saturated rings. The molecular weight excluding hydrogens is 504 g/mol. The molecule has 0 saturated carbocycles. The smallest absolute Gasteiger partial charge is 0.352 e. The standard InChI is InChI=1S/C23H16N6O7S/c24-18-15(37(34,35)36)9-14(16-17(18)20(31)13-7-2-1-6-12(13)19(16)30)25-10-4-3-5-11(8-10)26-21-27-22(32)29-23(33)28-21/h1-9,25H,24H2,(H,34,35,36)(H3,26,27,28,29,32,33). The summed E-state index contributed by atoms with van der Waals surface area (Å²) >= 11 is 0. The largest absolute Gasteiger partial charge is 0.397 e.